The van der Waals surface area contributed by atoms with E-state index in [0.29, 0.717) is 11.4 Å². The predicted molar refractivity (Wildman–Crippen MR) is 67.5 cm³/mol. The lowest BCUT2D eigenvalue weighted by Crippen LogP contribution is -2.32. The predicted octanol–water partition coefficient (Wildman–Crippen LogP) is 1.35. The van der Waals surface area contributed by atoms with E-state index in [-0.39, 0.29) is 10.9 Å². The number of ether oxygens (including phenoxy) is 1. The molecule has 3 N–H and O–H groups in total. The van der Waals surface area contributed by atoms with Gasteiger partial charge >= 0.3 is 0 Å². The van der Waals surface area contributed by atoms with Gasteiger partial charge in [-0.15, -0.1) is 0 Å². The molecule has 1 atom stereocenters. The smallest absolute Gasteiger partial charge is 0.240 e. The van der Waals surface area contributed by atoms with E-state index >= 15 is 0 Å². The fourth-order valence-corrected chi connectivity index (χ4v) is 2.62. The molecule has 0 amide bonds. The Hall–Kier alpha value is -1.27. The van der Waals surface area contributed by atoms with Gasteiger partial charge in [-0.1, -0.05) is 6.92 Å². The highest BCUT2D eigenvalue weighted by Gasteiger charge is 2.17. The highest BCUT2D eigenvalue weighted by molar-refractivity contribution is 7.89. The van der Waals surface area contributed by atoms with Crippen LogP contribution in [0.1, 0.15) is 20.3 Å². The van der Waals surface area contributed by atoms with Crippen molar-refractivity contribution in [3.05, 3.63) is 18.2 Å². The van der Waals surface area contributed by atoms with Crippen LogP contribution in [0.4, 0.5) is 5.69 Å². The first kappa shape index (κ1) is 13.8. The lowest BCUT2D eigenvalue weighted by Gasteiger charge is -2.13. The molecule has 0 fully saturated rings. The Morgan fingerprint density at radius 1 is 1.47 bits per heavy atom. The molecule has 0 aliphatic heterocycles. The lowest BCUT2D eigenvalue weighted by molar-refractivity contribution is 0.415. The van der Waals surface area contributed by atoms with Crippen molar-refractivity contribution >= 4 is 15.7 Å². The van der Waals surface area contributed by atoms with E-state index in [2.05, 4.69) is 4.72 Å². The van der Waals surface area contributed by atoms with Crippen LogP contribution in [0.25, 0.3) is 0 Å². The molecule has 1 aromatic carbocycles. The third-order valence-electron chi connectivity index (χ3n) is 2.48. The van der Waals surface area contributed by atoms with Crippen LogP contribution in [-0.4, -0.2) is 21.6 Å². The summed E-state index contributed by atoms with van der Waals surface area (Å²) in [4.78, 5) is 0.156. The molecule has 0 aromatic heterocycles. The Labute approximate surface area is 102 Å². The lowest BCUT2D eigenvalue weighted by atomic mass is 10.3. The second-order valence-electron chi connectivity index (χ2n) is 3.83. The van der Waals surface area contributed by atoms with Crippen LogP contribution in [0.2, 0.25) is 0 Å². The molecule has 0 spiro atoms. The summed E-state index contributed by atoms with van der Waals surface area (Å²) in [7, 11) is -2.06. The molecule has 0 aliphatic carbocycles. The molecule has 0 bridgehead atoms. The zero-order valence-corrected chi connectivity index (χ0v) is 11.0. The number of rotatable bonds is 5. The van der Waals surface area contributed by atoms with Crippen molar-refractivity contribution in [1.29, 1.82) is 0 Å². The van der Waals surface area contributed by atoms with Crippen molar-refractivity contribution in [2.45, 2.75) is 31.2 Å². The van der Waals surface area contributed by atoms with E-state index in [9.17, 15) is 8.42 Å². The summed E-state index contributed by atoms with van der Waals surface area (Å²) < 4.78 is 31.5. The number of methoxy groups -OCH3 is 1. The Morgan fingerprint density at radius 2 is 2.12 bits per heavy atom. The highest BCUT2D eigenvalue weighted by atomic mass is 32.2. The summed E-state index contributed by atoms with van der Waals surface area (Å²) in [6.45, 7) is 3.73. The van der Waals surface area contributed by atoms with Gasteiger partial charge < -0.3 is 10.5 Å². The van der Waals surface area contributed by atoms with Gasteiger partial charge in [0.2, 0.25) is 10.0 Å². The fourth-order valence-electron chi connectivity index (χ4n) is 1.27. The number of sulfonamides is 1. The molecule has 0 saturated heterocycles. The van der Waals surface area contributed by atoms with Crippen molar-refractivity contribution in [2.75, 3.05) is 12.8 Å². The maximum Gasteiger partial charge on any atom is 0.240 e. The quantitative estimate of drug-likeness (QED) is 0.781. The average molecular weight is 258 g/mol. The summed E-state index contributed by atoms with van der Waals surface area (Å²) in [5, 5.41) is 0. The van der Waals surface area contributed by atoms with E-state index in [1.165, 1.54) is 25.3 Å². The van der Waals surface area contributed by atoms with Crippen LogP contribution in [0.15, 0.2) is 23.1 Å². The number of nitrogens with one attached hydrogen (secondary N) is 1. The van der Waals surface area contributed by atoms with Gasteiger partial charge in [0.25, 0.3) is 0 Å². The molecule has 5 nitrogen and oxygen atoms in total. The average Bonchev–Trinajstić information content (AvgIpc) is 2.28. The third-order valence-corrected chi connectivity index (χ3v) is 4.07. The number of nitrogen functional groups attached to an aromatic ring is 1. The van der Waals surface area contributed by atoms with E-state index in [4.69, 9.17) is 10.5 Å². The van der Waals surface area contributed by atoms with E-state index in [1.54, 1.807) is 0 Å². The van der Waals surface area contributed by atoms with Crippen LogP contribution in [-0.2, 0) is 10.0 Å². The first-order valence-electron chi connectivity index (χ1n) is 5.36. The molecule has 1 aromatic rings. The number of benzene rings is 1. The number of hydrogen-bond donors (Lipinski definition) is 2. The number of nitrogens with two attached hydrogens (primary N) is 1. The van der Waals surface area contributed by atoms with E-state index < -0.39 is 10.0 Å². The first-order valence-corrected chi connectivity index (χ1v) is 6.85. The fraction of sp³-hybridized carbons (Fsp3) is 0.455. The van der Waals surface area contributed by atoms with Crippen molar-refractivity contribution in [3.63, 3.8) is 0 Å². The third kappa shape index (κ3) is 3.34. The molecular formula is C11H18N2O3S. The van der Waals surface area contributed by atoms with Crippen molar-refractivity contribution in [3.8, 4) is 5.75 Å². The highest BCUT2D eigenvalue weighted by Crippen LogP contribution is 2.24. The van der Waals surface area contributed by atoms with Gasteiger partial charge in [0.1, 0.15) is 5.75 Å². The molecule has 0 radical (unpaired) electrons. The molecule has 0 aliphatic rings. The van der Waals surface area contributed by atoms with Gasteiger partial charge in [-0.2, -0.15) is 0 Å². The van der Waals surface area contributed by atoms with Crippen LogP contribution >= 0.6 is 0 Å². The minimum atomic E-state index is -3.51. The van der Waals surface area contributed by atoms with Crippen molar-refractivity contribution in [1.82, 2.24) is 4.72 Å². The maximum absolute atomic E-state index is 12.0. The number of anilines is 1. The Bertz CT molecular complexity index is 485. The normalized spacial score (nSPS) is 13.4. The largest absolute Gasteiger partial charge is 0.495 e. The van der Waals surface area contributed by atoms with Crippen LogP contribution in [0.3, 0.4) is 0 Å². The Kier molecular flexibility index (Phi) is 4.36. The Balaban J connectivity index is 3.07. The van der Waals surface area contributed by atoms with Crippen molar-refractivity contribution in [2.24, 2.45) is 0 Å². The standard InChI is InChI=1S/C11H18N2O3S/c1-4-8(2)13-17(14,15)9-5-6-10(12)11(7-9)16-3/h5-8,13H,4,12H2,1-3H3. The first-order chi connectivity index (χ1) is 7.90. The van der Waals surface area contributed by atoms with Crippen LogP contribution < -0.4 is 15.2 Å². The second kappa shape index (κ2) is 5.37. The van der Waals surface area contributed by atoms with Gasteiger partial charge in [0.15, 0.2) is 0 Å². The van der Waals surface area contributed by atoms with E-state index in [0.717, 1.165) is 6.42 Å². The second-order valence-corrected chi connectivity index (χ2v) is 5.55. The van der Waals surface area contributed by atoms with E-state index in [1.807, 2.05) is 13.8 Å². The van der Waals surface area contributed by atoms with Gasteiger partial charge in [-0.25, -0.2) is 13.1 Å². The summed E-state index contributed by atoms with van der Waals surface area (Å²) in [6.07, 6.45) is 0.728. The van der Waals surface area contributed by atoms with Gasteiger partial charge in [-0.05, 0) is 25.5 Å². The number of hydrogen-bond acceptors (Lipinski definition) is 4. The SMILES string of the molecule is CCC(C)NS(=O)(=O)c1ccc(N)c(OC)c1. The zero-order chi connectivity index (χ0) is 13.1. The monoisotopic (exact) mass is 258 g/mol. The van der Waals surface area contributed by atoms with Crippen molar-refractivity contribution < 1.29 is 13.2 Å². The minimum Gasteiger partial charge on any atom is -0.495 e. The Morgan fingerprint density at radius 3 is 2.65 bits per heavy atom. The topological polar surface area (TPSA) is 81.4 Å². The zero-order valence-electron chi connectivity index (χ0n) is 10.2. The molecule has 6 heteroatoms. The molecule has 1 rings (SSSR count). The summed E-state index contributed by atoms with van der Waals surface area (Å²) in [6, 6.07) is 4.29. The molecular weight excluding hydrogens is 240 g/mol. The van der Waals surface area contributed by atoms with Gasteiger partial charge in [-0.3, -0.25) is 0 Å². The summed E-state index contributed by atoms with van der Waals surface area (Å²) in [5.41, 5.74) is 6.04. The molecule has 17 heavy (non-hydrogen) atoms. The molecule has 0 saturated carbocycles. The maximum atomic E-state index is 12.0. The van der Waals surface area contributed by atoms with Crippen LogP contribution in [0.5, 0.6) is 5.75 Å². The summed E-state index contributed by atoms with van der Waals surface area (Å²) >= 11 is 0. The molecule has 0 heterocycles. The van der Waals surface area contributed by atoms with Crippen LogP contribution in [0, 0.1) is 0 Å². The molecule has 1 unspecified atom stereocenters. The summed E-state index contributed by atoms with van der Waals surface area (Å²) in [5.74, 6) is 0.358. The molecule has 96 valence electrons. The minimum absolute atomic E-state index is 0.108. The van der Waals surface area contributed by atoms with Gasteiger partial charge in [0.05, 0.1) is 17.7 Å². The van der Waals surface area contributed by atoms with Gasteiger partial charge in [0, 0.05) is 12.1 Å².